The largest absolute Gasteiger partial charge is 0.469 e. The third-order valence-electron chi connectivity index (χ3n) is 5.25. The van der Waals surface area contributed by atoms with E-state index in [1.807, 2.05) is 0 Å². The lowest BCUT2D eigenvalue weighted by Crippen LogP contribution is -2.49. The van der Waals surface area contributed by atoms with E-state index in [1.54, 1.807) is 0 Å². The molecule has 4 nitrogen and oxygen atoms in total. The molecule has 2 saturated carbocycles. The molecule has 0 spiro atoms. The normalized spacial score (nSPS) is 47.4. The number of ether oxygens (including phenoxy) is 2. The van der Waals surface area contributed by atoms with Crippen molar-refractivity contribution < 1.29 is 19.1 Å². The van der Waals surface area contributed by atoms with E-state index in [0.29, 0.717) is 5.92 Å². The zero-order valence-electron chi connectivity index (χ0n) is 10.9. The van der Waals surface area contributed by atoms with Crippen molar-refractivity contribution >= 4 is 11.9 Å². The Balaban J connectivity index is 2.01. The summed E-state index contributed by atoms with van der Waals surface area (Å²) in [6.45, 7) is 2.21. The van der Waals surface area contributed by atoms with Crippen LogP contribution in [0.3, 0.4) is 0 Å². The van der Waals surface area contributed by atoms with Gasteiger partial charge in [0.25, 0.3) is 0 Å². The van der Waals surface area contributed by atoms with Crippen LogP contribution < -0.4 is 0 Å². The highest BCUT2D eigenvalue weighted by Crippen LogP contribution is 2.71. The summed E-state index contributed by atoms with van der Waals surface area (Å²) >= 11 is 0. The van der Waals surface area contributed by atoms with E-state index < -0.39 is 0 Å². The molecular weight excluding hydrogens is 232 g/mol. The number of hydrogen-bond acceptors (Lipinski definition) is 4. The Hall–Kier alpha value is -1.32. The van der Waals surface area contributed by atoms with Gasteiger partial charge in [-0.15, -0.1) is 0 Å². The fraction of sp³-hybridized carbons (Fsp3) is 0.714. The standard InChI is InChI=1S/C14H18O4/c1-14-6-9(14)7-4-5-8(14)11(13(16)18-3)10(7)12(15)17-2/h4-5,7-11H,6H2,1-3H3/t7-,8-,9-,10+,11-,14+/m0/s1. The Morgan fingerprint density at radius 2 is 1.72 bits per heavy atom. The first-order chi connectivity index (χ1) is 8.54. The first-order valence-electron chi connectivity index (χ1n) is 6.38. The quantitative estimate of drug-likeness (QED) is 0.549. The third-order valence-corrected chi connectivity index (χ3v) is 5.25. The van der Waals surface area contributed by atoms with Gasteiger partial charge in [-0.3, -0.25) is 9.59 Å². The minimum absolute atomic E-state index is 0.115. The van der Waals surface area contributed by atoms with E-state index in [0.717, 1.165) is 6.42 Å². The van der Waals surface area contributed by atoms with Crippen LogP contribution in [0.2, 0.25) is 0 Å². The van der Waals surface area contributed by atoms with Gasteiger partial charge < -0.3 is 9.47 Å². The summed E-state index contributed by atoms with van der Waals surface area (Å²) in [5.41, 5.74) is 0.183. The molecule has 2 fully saturated rings. The van der Waals surface area contributed by atoms with E-state index in [4.69, 9.17) is 9.47 Å². The summed E-state index contributed by atoms with van der Waals surface area (Å²) in [7, 11) is 2.77. The van der Waals surface area contributed by atoms with Gasteiger partial charge in [0.15, 0.2) is 0 Å². The van der Waals surface area contributed by atoms with Gasteiger partial charge in [-0.05, 0) is 29.6 Å². The maximum Gasteiger partial charge on any atom is 0.310 e. The smallest absolute Gasteiger partial charge is 0.310 e. The number of carbonyl (C=O) groups excluding carboxylic acids is 2. The predicted molar refractivity (Wildman–Crippen MR) is 63.3 cm³/mol. The molecule has 0 N–H and O–H groups in total. The number of fused-ring (bicyclic) bond motifs is 1. The Morgan fingerprint density at radius 3 is 2.33 bits per heavy atom. The molecule has 18 heavy (non-hydrogen) atoms. The molecule has 4 aliphatic rings. The molecule has 4 rings (SSSR count). The second-order valence-electron chi connectivity index (χ2n) is 5.90. The molecule has 6 atom stereocenters. The lowest BCUT2D eigenvalue weighted by Gasteiger charge is -2.45. The Bertz CT molecular complexity index is 441. The average Bonchev–Trinajstić information content (AvgIpc) is 3.11. The van der Waals surface area contributed by atoms with E-state index in [2.05, 4.69) is 19.1 Å². The van der Waals surface area contributed by atoms with Gasteiger partial charge in [-0.2, -0.15) is 0 Å². The molecule has 0 radical (unpaired) electrons. The number of hydrogen-bond donors (Lipinski definition) is 0. The van der Waals surface area contributed by atoms with E-state index in [-0.39, 0.29) is 41.0 Å². The summed E-state index contributed by atoms with van der Waals surface area (Å²) in [5, 5.41) is 0. The molecule has 2 bridgehead atoms. The molecule has 0 saturated heterocycles. The Morgan fingerprint density at radius 1 is 1.11 bits per heavy atom. The Labute approximate surface area is 106 Å². The zero-order valence-corrected chi connectivity index (χ0v) is 10.9. The van der Waals surface area contributed by atoms with E-state index >= 15 is 0 Å². The minimum Gasteiger partial charge on any atom is -0.469 e. The molecule has 0 amide bonds. The van der Waals surface area contributed by atoms with Crippen molar-refractivity contribution in [2.24, 2.45) is 35.0 Å². The van der Waals surface area contributed by atoms with Crippen LogP contribution in [0.1, 0.15) is 13.3 Å². The second-order valence-corrected chi connectivity index (χ2v) is 5.90. The van der Waals surface area contributed by atoms with Gasteiger partial charge in [-0.25, -0.2) is 0 Å². The first-order valence-corrected chi connectivity index (χ1v) is 6.38. The number of esters is 2. The fourth-order valence-electron chi connectivity index (χ4n) is 4.21. The predicted octanol–water partition coefficient (Wildman–Crippen LogP) is 1.41. The first kappa shape index (κ1) is 11.8. The summed E-state index contributed by atoms with van der Waals surface area (Å²) in [6.07, 6.45) is 5.30. The molecular formula is C14H18O4. The van der Waals surface area contributed by atoms with Gasteiger partial charge in [0, 0.05) is 0 Å². The number of methoxy groups -OCH3 is 2. The van der Waals surface area contributed by atoms with Crippen molar-refractivity contribution in [2.75, 3.05) is 14.2 Å². The SMILES string of the molecule is COC(=O)[C@@H]1[C@H]2C=C[C@@H]([C@@H]1C(=O)OC)[C@@]1(C)C[C@@H]21. The van der Waals surface area contributed by atoms with Gasteiger partial charge >= 0.3 is 11.9 Å². The summed E-state index contributed by atoms with van der Waals surface area (Å²) < 4.78 is 9.78. The van der Waals surface area contributed by atoms with Crippen LogP contribution >= 0.6 is 0 Å². The minimum atomic E-state index is -0.374. The van der Waals surface area contributed by atoms with Crippen LogP contribution in [0.5, 0.6) is 0 Å². The van der Waals surface area contributed by atoms with Crippen molar-refractivity contribution in [2.45, 2.75) is 13.3 Å². The highest BCUT2D eigenvalue weighted by Gasteiger charge is 2.70. The summed E-state index contributed by atoms with van der Waals surface area (Å²) in [6, 6.07) is 0. The maximum atomic E-state index is 12.0. The number of carbonyl (C=O) groups is 2. The zero-order chi connectivity index (χ0) is 13.1. The van der Waals surface area contributed by atoms with Crippen LogP contribution in [0.4, 0.5) is 0 Å². The number of allylic oxidation sites excluding steroid dienone is 2. The van der Waals surface area contributed by atoms with Crippen LogP contribution in [-0.2, 0) is 19.1 Å². The molecule has 4 aliphatic carbocycles. The molecule has 0 aromatic heterocycles. The van der Waals surface area contributed by atoms with E-state index in [1.165, 1.54) is 14.2 Å². The lowest BCUT2D eigenvalue weighted by atomic mass is 9.58. The van der Waals surface area contributed by atoms with Crippen molar-refractivity contribution in [3.63, 3.8) is 0 Å². The van der Waals surface area contributed by atoms with Gasteiger partial charge in [0.05, 0.1) is 26.1 Å². The van der Waals surface area contributed by atoms with Crippen molar-refractivity contribution in [1.82, 2.24) is 0 Å². The molecule has 0 aromatic carbocycles. The van der Waals surface area contributed by atoms with Gasteiger partial charge in [-0.1, -0.05) is 19.1 Å². The monoisotopic (exact) mass is 250 g/mol. The molecule has 0 aromatic rings. The third kappa shape index (κ3) is 1.26. The highest BCUT2D eigenvalue weighted by atomic mass is 16.5. The topological polar surface area (TPSA) is 52.6 Å². The second kappa shape index (κ2) is 3.59. The van der Waals surface area contributed by atoms with Crippen molar-refractivity contribution in [3.8, 4) is 0 Å². The lowest BCUT2D eigenvalue weighted by molar-refractivity contribution is -0.166. The number of rotatable bonds is 2. The Kier molecular flexibility index (Phi) is 2.34. The van der Waals surface area contributed by atoms with E-state index in [9.17, 15) is 9.59 Å². The summed E-state index contributed by atoms with van der Waals surface area (Å²) in [4.78, 5) is 24.0. The van der Waals surface area contributed by atoms with Crippen molar-refractivity contribution in [1.29, 1.82) is 0 Å². The highest BCUT2D eigenvalue weighted by molar-refractivity contribution is 5.84. The molecule has 4 heteroatoms. The summed E-state index contributed by atoms with van der Waals surface area (Å²) in [5.74, 6) is -0.521. The molecule has 98 valence electrons. The molecule has 0 aliphatic heterocycles. The van der Waals surface area contributed by atoms with Crippen molar-refractivity contribution in [3.05, 3.63) is 12.2 Å². The molecule has 0 unspecified atom stereocenters. The maximum absolute atomic E-state index is 12.0. The van der Waals surface area contributed by atoms with Crippen LogP contribution in [0, 0.1) is 35.0 Å². The van der Waals surface area contributed by atoms with Gasteiger partial charge in [0.1, 0.15) is 0 Å². The van der Waals surface area contributed by atoms with Crippen LogP contribution in [-0.4, -0.2) is 26.2 Å². The fourth-order valence-corrected chi connectivity index (χ4v) is 4.21. The average molecular weight is 250 g/mol. The van der Waals surface area contributed by atoms with Crippen LogP contribution in [0.15, 0.2) is 12.2 Å². The molecule has 0 heterocycles. The van der Waals surface area contributed by atoms with Gasteiger partial charge in [0.2, 0.25) is 0 Å². The van der Waals surface area contributed by atoms with Crippen LogP contribution in [0.25, 0.3) is 0 Å².